The molecular formula is C15H12N4O5. The fourth-order valence-corrected chi connectivity index (χ4v) is 1.98. The molecule has 0 heterocycles. The summed E-state index contributed by atoms with van der Waals surface area (Å²) in [6.45, 7) is 0. The van der Waals surface area contributed by atoms with E-state index < -0.39 is 16.7 Å². The van der Waals surface area contributed by atoms with Gasteiger partial charge >= 0.3 is 0 Å². The van der Waals surface area contributed by atoms with Crippen molar-refractivity contribution >= 4 is 29.5 Å². The van der Waals surface area contributed by atoms with E-state index in [2.05, 4.69) is 5.32 Å². The fourth-order valence-electron chi connectivity index (χ4n) is 1.98. The molecule has 2 aromatic rings. The number of hydrogen-bond donors (Lipinski definition) is 3. The highest BCUT2D eigenvalue weighted by molar-refractivity contribution is 6.06. The minimum Gasteiger partial charge on any atom is -0.322 e. The van der Waals surface area contributed by atoms with Gasteiger partial charge in [-0.05, 0) is 24.3 Å². The van der Waals surface area contributed by atoms with Gasteiger partial charge in [0.15, 0.2) is 6.29 Å². The van der Waals surface area contributed by atoms with E-state index in [0.717, 1.165) is 6.07 Å². The summed E-state index contributed by atoms with van der Waals surface area (Å²) in [5.41, 5.74) is 2.09. The van der Waals surface area contributed by atoms with E-state index in [1.54, 1.807) is 0 Å². The summed E-state index contributed by atoms with van der Waals surface area (Å²) in [6, 6.07) is 9.24. The summed E-state index contributed by atoms with van der Waals surface area (Å²) in [6.07, 6.45) is 0.483. The van der Waals surface area contributed by atoms with Crippen molar-refractivity contribution in [2.45, 2.75) is 0 Å². The van der Waals surface area contributed by atoms with Crippen LogP contribution in [0.25, 0.3) is 0 Å². The number of nitro groups is 1. The number of anilines is 1. The minimum absolute atomic E-state index is 0.00987. The Morgan fingerprint density at radius 1 is 1.12 bits per heavy atom. The maximum atomic E-state index is 12.2. The molecule has 0 bridgehead atoms. The predicted octanol–water partition coefficient (Wildman–Crippen LogP) is 1.26. The van der Waals surface area contributed by atoms with Crippen molar-refractivity contribution in [1.29, 1.82) is 0 Å². The molecule has 0 fully saturated rings. The van der Waals surface area contributed by atoms with Crippen molar-refractivity contribution in [1.82, 2.24) is 5.43 Å². The number of carbonyl (C=O) groups excluding carboxylic acids is 3. The molecule has 24 heavy (non-hydrogen) atoms. The van der Waals surface area contributed by atoms with E-state index in [4.69, 9.17) is 5.84 Å². The summed E-state index contributed by atoms with van der Waals surface area (Å²) in [4.78, 5) is 44.9. The standard InChI is InChI=1S/C15H12N4O5/c16-18-15(22)13-7-11(5-4-10(13)8-20)17-14(21)9-2-1-3-12(6-9)19(23)24/h1-8H,16H2,(H,17,21)(H,18,22). The van der Waals surface area contributed by atoms with Crippen LogP contribution < -0.4 is 16.6 Å². The SMILES string of the molecule is NNC(=O)c1cc(NC(=O)c2cccc([N+](=O)[O-])c2)ccc1C=O. The number of non-ortho nitro benzene ring substituents is 1. The lowest BCUT2D eigenvalue weighted by Crippen LogP contribution is -2.31. The molecular weight excluding hydrogens is 316 g/mol. The number of amides is 2. The Hall–Kier alpha value is -3.59. The first-order valence-corrected chi connectivity index (χ1v) is 6.62. The highest BCUT2D eigenvalue weighted by Crippen LogP contribution is 2.18. The summed E-state index contributed by atoms with van der Waals surface area (Å²) in [7, 11) is 0. The first kappa shape index (κ1) is 16.8. The number of hydrazine groups is 1. The first-order valence-electron chi connectivity index (χ1n) is 6.62. The second kappa shape index (κ2) is 7.11. The molecule has 2 rings (SSSR count). The van der Waals surface area contributed by atoms with Crippen LogP contribution in [-0.2, 0) is 0 Å². The average Bonchev–Trinajstić information content (AvgIpc) is 2.61. The predicted molar refractivity (Wildman–Crippen MR) is 84.5 cm³/mol. The van der Waals surface area contributed by atoms with Crippen LogP contribution in [-0.4, -0.2) is 23.0 Å². The van der Waals surface area contributed by atoms with Crippen LogP contribution in [0, 0.1) is 10.1 Å². The number of nitrogens with zero attached hydrogens (tertiary/aromatic N) is 1. The number of nitrogens with two attached hydrogens (primary N) is 1. The summed E-state index contributed by atoms with van der Waals surface area (Å²) < 4.78 is 0. The zero-order valence-electron chi connectivity index (χ0n) is 12.2. The molecule has 9 nitrogen and oxygen atoms in total. The van der Waals surface area contributed by atoms with E-state index in [0.29, 0.717) is 6.29 Å². The number of nitro benzene ring substituents is 1. The van der Waals surface area contributed by atoms with Gasteiger partial charge in [-0.25, -0.2) is 5.84 Å². The third kappa shape index (κ3) is 3.59. The van der Waals surface area contributed by atoms with Gasteiger partial charge in [0.2, 0.25) is 0 Å². The Morgan fingerprint density at radius 2 is 1.88 bits per heavy atom. The lowest BCUT2D eigenvalue weighted by molar-refractivity contribution is -0.384. The van der Waals surface area contributed by atoms with Gasteiger partial charge in [-0.2, -0.15) is 0 Å². The number of aldehydes is 1. The Balaban J connectivity index is 2.29. The molecule has 9 heteroatoms. The van der Waals surface area contributed by atoms with Crippen LogP contribution in [0.1, 0.15) is 31.1 Å². The molecule has 4 N–H and O–H groups in total. The maximum absolute atomic E-state index is 12.2. The summed E-state index contributed by atoms with van der Waals surface area (Å²) >= 11 is 0. The van der Waals surface area contributed by atoms with Crippen molar-refractivity contribution in [2.24, 2.45) is 5.84 Å². The van der Waals surface area contributed by atoms with E-state index in [-0.39, 0.29) is 28.1 Å². The van der Waals surface area contributed by atoms with Gasteiger partial charge < -0.3 is 5.32 Å². The number of carbonyl (C=O) groups is 3. The summed E-state index contributed by atoms with van der Waals surface area (Å²) in [5, 5.41) is 13.2. The van der Waals surface area contributed by atoms with Crippen molar-refractivity contribution in [3.8, 4) is 0 Å². The quantitative estimate of drug-likeness (QED) is 0.248. The molecule has 0 spiro atoms. The van der Waals surface area contributed by atoms with Crippen LogP contribution >= 0.6 is 0 Å². The molecule has 0 unspecified atom stereocenters. The number of nitrogen functional groups attached to an aromatic ring is 1. The highest BCUT2D eigenvalue weighted by atomic mass is 16.6. The molecule has 0 atom stereocenters. The lowest BCUT2D eigenvalue weighted by atomic mass is 10.1. The number of benzene rings is 2. The zero-order valence-corrected chi connectivity index (χ0v) is 12.2. The minimum atomic E-state index is -0.691. The monoisotopic (exact) mass is 328 g/mol. The number of nitrogens with one attached hydrogen (secondary N) is 2. The molecule has 122 valence electrons. The highest BCUT2D eigenvalue weighted by Gasteiger charge is 2.14. The van der Waals surface area contributed by atoms with Crippen LogP contribution in [0.5, 0.6) is 0 Å². The average molecular weight is 328 g/mol. The normalized spacial score (nSPS) is 9.88. The van der Waals surface area contributed by atoms with Crippen molar-refractivity contribution < 1.29 is 19.3 Å². The largest absolute Gasteiger partial charge is 0.322 e. The van der Waals surface area contributed by atoms with Gasteiger partial charge in [0, 0.05) is 28.9 Å². The lowest BCUT2D eigenvalue weighted by Gasteiger charge is -2.09. The Morgan fingerprint density at radius 3 is 2.50 bits per heavy atom. The van der Waals surface area contributed by atoms with Crippen molar-refractivity contribution in [2.75, 3.05) is 5.32 Å². The molecule has 0 aliphatic rings. The molecule has 2 aromatic carbocycles. The molecule has 0 aliphatic carbocycles. The van der Waals surface area contributed by atoms with Crippen LogP contribution in [0.15, 0.2) is 42.5 Å². The van der Waals surface area contributed by atoms with Gasteiger partial charge in [0.1, 0.15) is 0 Å². The van der Waals surface area contributed by atoms with Crippen molar-refractivity contribution in [3.05, 3.63) is 69.3 Å². The molecule has 0 saturated carbocycles. The van der Waals surface area contributed by atoms with Gasteiger partial charge in [-0.1, -0.05) is 6.07 Å². The molecule has 0 aliphatic heterocycles. The van der Waals surface area contributed by atoms with Crippen molar-refractivity contribution in [3.63, 3.8) is 0 Å². The Kier molecular flexibility index (Phi) is 4.97. The van der Waals surface area contributed by atoms with Crippen LogP contribution in [0.2, 0.25) is 0 Å². The van der Waals surface area contributed by atoms with E-state index in [9.17, 15) is 24.5 Å². The second-order valence-corrected chi connectivity index (χ2v) is 4.65. The molecule has 0 saturated heterocycles. The number of rotatable bonds is 5. The molecule has 0 aromatic heterocycles. The molecule has 2 amide bonds. The van der Waals surface area contributed by atoms with E-state index in [1.165, 1.54) is 36.4 Å². The Labute approximate surface area is 135 Å². The van der Waals surface area contributed by atoms with Gasteiger partial charge in [0.05, 0.1) is 10.5 Å². The first-order chi connectivity index (χ1) is 11.5. The van der Waals surface area contributed by atoms with Crippen LogP contribution in [0.4, 0.5) is 11.4 Å². The van der Waals surface area contributed by atoms with E-state index in [1.807, 2.05) is 5.43 Å². The van der Waals surface area contributed by atoms with Gasteiger partial charge in [0.25, 0.3) is 17.5 Å². The summed E-state index contributed by atoms with van der Waals surface area (Å²) in [5.74, 6) is 3.76. The fraction of sp³-hybridized carbons (Fsp3) is 0. The maximum Gasteiger partial charge on any atom is 0.270 e. The smallest absolute Gasteiger partial charge is 0.270 e. The third-order valence-electron chi connectivity index (χ3n) is 3.13. The number of hydrogen-bond acceptors (Lipinski definition) is 6. The van der Waals surface area contributed by atoms with E-state index >= 15 is 0 Å². The van der Waals surface area contributed by atoms with Gasteiger partial charge in [-0.3, -0.25) is 29.9 Å². The van der Waals surface area contributed by atoms with Gasteiger partial charge in [-0.15, -0.1) is 0 Å². The topological polar surface area (TPSA) is 144 Å². The van der Waals surface area contributed by atoms with Crippen LogP contribution in [0.3, 0.4) is 0 Å². The second-order valence-electron chi connectivity index (χ2n) is 4.65. The third-order valence-corrected chi connectivity index (χ3v) is 3.13. The Bertz CT molecular complexity index is 834. The molecule has 0 radical (unpaired) electrons. The zero-order chi connectivity index (χ0) is 17.7.